The highest BCUT2D eigenvalue weighted by atomic mass is 16.2. The van der Waals surface area contributed by atoms with Crippen LogP contribution in [0.1, 0.15) is 25.8 Å². The zero-order valence-electron chi connectivity index (χ0n) is 11.6. The predicted octanol–water partition coefficient (Wildman–Crippen LogP) is 1.90. The number of nitrogens with one attached hydrogen (secondary N) is 3. The Balaban J connectivity index is 2.61. The Morgan fingerprint density at radius 1 is 1.32 bits per heavy atom. The number of carbonyl (C=O) groups excluding carboxylic acids is 2. The molecule has 1 aromatic rings. The Bertz CT molecular complexity index is 446. The summed E-state index contributed by atoms with van der Waals surface area (Å²) in [6.07, 6.45) is 1.22. The number of carbonyl (C=O) groups is 2. The van der Waals surface area contributed by atoms with Gasteiger partial charge < -0.3 is 16.0 Å². The van der Waals surface area contributed by atoms with E-state index in [1.54, 1.807) is 19.2 Å². The van der Waals surface area contributed by atoms with E-state index in [1.165, 1.54) is 0 Å². The smallest absolute Gasteiger partial charge is 0.318 e. The van der Waals surface area contributed by atoms with E-state index in [0.29, 0.717) is 12.1 Å². The van der Waals surface area contributed by atoms with Crippen LogP contribution in [-0.4, -0.2) is 25.0 Å². The molecule has 0 saturated heterocycles. The second kappa shape index (κ2) is 7.41. The molecule has 1 aromatic carbocycles. The van der Waals surface area contributed by atoms with Crippen LogP contribution in [0.15, 0.2) is 24.3 Å². The van der Waals surface area contributed by atoms with Gasteiger partial charge in [-0.25, -0.2) is 4.79 Å². The molecule has 0 spiro atoms. The van der Waals surface area contributed by atoms with Crippen molar-refractivity contribution in [3.05, 3.63) is 29.8 Å². The van der Waals surface area contributed by atoms with Crippen LogP contribution in [0.3, 0.4) is 0 Å². The third-order valence-electron chi connectivity index (χ3n) is 2.80. The molecular weight excluding hydrogens is 242 g/mol. The number of amides is 3. The number of urea groups is 1. The topological polar surface area (TPSA) is 70.2 Å². The quantitative estimate of drug-likeness (QED) is 0.759. The van der Waals surface area contributed by atoms with E-state index in [9.17, 15) is 9.59 Å². The minimum absolute atomic E-state index is 0.00792. The highest BCUT2D eigenvalue weighted by Crippen LogP contribution is 2.11. The van der Waals surface area contributed by atoms with E-state index in [4.69, 9.17) is 0 Å². The number of benzene rings is 1. The normalized spacial score (nSPS) is 11.5. The first-order chi connectivity index (χ1) is 9.05. The highest BCUT2D eigenvalue weighted by molar-refractivity contribution is 5.89. The van der Waals surface area contributed by atoms with Crippen LogP contribution in [0, 0.1) is 0 Å². The molecule has 0 bridgehead atoms. The minimum atomic E-state index is -0.277. The average Bonchev–Trinajstić information content (AvgIpc) is 2.38. The van der Waals surface area contributed by atoms with Gasteiger partial charge in [0.15, 0.2) is 0 Å². The van der Waals surface area contributed by atoms with E-state index < -0.39 is 0 Å². The van der Waals surface area contributed by atoms with E-state index in [1.807, 2.05) is 26.0 Å². The van der Waals surface area contributed by atoms with Gasteiger partial charge in [0.05, 0.1) is 6.42 Å². The molecule has 0 heterocycles. The van der Waals surface area contributed by atoms with Crippen LogP contribution >= 0.6 is 0 Å². The average molecular weight is 263 g/mol. The number of anilines is 1. The third kappa shape index (κ3) is 5.42. The summed E-state index contributed by atoms with van der Waals surface area (Å²) in [4.78, 5) is 23.0. The van der Waals surface area contributed by atoms with E-state index in [2.05, 4.69) is 16.0 Å². The Morgan fingerprint density at radius 3 is 2.68 bits per heavy atom. The molecule has 3 amide bonds. The second-order valence-corrected chi connectivity index (χ2v) is 4.46. The SMILES string of the molecule is CCC(C)NC(=O)Cc1cccc(NC(=O)NC)c1. The number of hydrogen-bond donors (Lipinski definition) is 3. The first-order valence-electron chi connectivity index (χ1n) is 6.42. The maximum absolute atomic E-state index is 11.8. The second-order valence-electron chi connectivity index (χ2n) is 4.46. The van der Waals surface area contributed by atoms with E-state index in [0.717, 1.165) is 12.0 Å². The van der Waals surface area contributed by atoms with E-state index in [-0.39, 0.29) is 18.0 Å². The lowest BCUT2D eigenvalue weighted by Crippen LogP contribution is -2.33. The van der Waals surface area contributed by atoms with Crippen LogP contribution in [-0.2, 0) is 11.2 Å². The van der Waals surface area contributed by atoms with Crippen molar-refractivity contribution >= 4 is 17.6 Å². The van der Waals surface area contributed by atoms with Crippen molar-refractivity contribution in [1.82, 2.24) is 10.6 Å². The van der Waals surface area contributed by atoms with Gasteiger partial charge in [-0.1, -0.05) is 19.1 Å². The molecule has 1 unspecified atom stereocenters. The van der Waals surface area contributed by atoms with Gasteiger partial charge in [0, 0.05) is 18.8 Å². The molecule has 0 aliphatic rings. The molecule has 104 valence electrons. The fourth-order valence-electron chi connectivity index (χ4n) is 1.57. The van der Waals surface area contributed by atoms with Crippen molar-refractivity contribution in [2.24, 2.45) is 0 Å². The van der Waals surface area contributed by atoms with Gasteiger partial charge in [0.25, 0.3) is 0 Å². The molecule has 0 radical (unpaired) electrons. The van der Waals surface area contributed by atoms with Crippen LogP contribution in [0.2, 0.25) is 0 Å². The molecule has 0 aromatic heterocycles. The molecule has 19 heavy (non-hydrogen) atoms. The zero-order valence-corrected chi connectivity index (χ0v) is 11.6. The molecular formula is C14H21N3O2. The van der Waals surface area contributed by atoms with Gasteiger partial charge in [0.1, 0.15) is 0 Å². The van der Waals surface area contributed by atoms with Crippen LogP contribution in [0.4, 0.5) is 10.5 Å². The summed E-state index contributed by atoms with van der Waals surface area (Å²) in [5.74, 6) is -0.00792. The van der Waals surface area contributed by atoms with Crippen molar-refractivity contribution in [3.8, 4) is 0 Å². The van der Waals surface area contributed by atoms with Gasteiger partial charge >= 0.3 is 6.03 Å². The first kappa shape index (κ1) is 15.0. The van der Waals surface area contributed by atoms with Crippen molar-refractivity contribution in [1.29, 1.82) is 0 Å². The Hall–Kier alpha value is -2.04. The molecule has 0 saturated carbocycles. The lowest BCUT2D eigenvalue weighted by molar-refractivity contribution is -0.121. The van der Waals surface area contributed by atoms with Gasteiger partial charge in [-0.05, 0) is 31.0 Å². The molecule has 5 nitrogen and oxygen atoms in total. The maximum Gasteiger partial charge on any atom is 0.318 e. The molecule has 0 aliphatic carbocycles. The van der Waals surface area contributed by atoms with Crippen molar-refractivity contribution in [2.45, 2.75) is 32.7 Å². The summed E-state index contributed by atoms with van der Waals surface area (Å²) in [6, 6.07) is 7.17. The maximum atomic E-state index is 11.8. The minimum Gasteiger partial charge on any atom is -0.353 e. The molecule has 1 rings (SSSR count). The lowest BCUT2D eigenvalue weighted by Gasteiger charge is -2.12. The molecule has 3 N–H and O–H groups in total. The lowest BCUT2D eigenvalue weighted by atomic mass is 10.1. The molecule has 1 atom stereocenters. The van der Waals surface area contributed by atoms with Crippen LogP contribution in [0.5, 0.6) is 0 Å². The summed E-state index contributed by atoms with van der Waals surface area (Å²) in [5, 5.41) is 8.06. The monoisotopic (exact) mass is 263 g/mol. The Morgan fingerprint density at radius 2 is 2.05 bits per heavy atom. The van der Waals surface area contributed by atoms with Crippen LogP contribution < -0.4 is 16.0 Å². The Labute approximate surface area is 113 Å². The van der Waals surface area contributed by atoms with Gasteiger partial charge in [-0.3, -0.25) is 4.79 Å². The highest BCUT2D eigenvalue weighted by Gasteiger charge is 2.07. The first-order valence-corrected chi connectivity index (χ1v) is 6.42. The number of hydrogen-bond acceptors (Lipinski definition) is 2. The van der Waals surface area contributed by atoms with Gasteiger partial charge in [0.2, 0.25) is 5.91 Å². The molecule has 0 fully saturated rings. The fraction of sp³-hybridized carbons (Fsp3) is 0.429. The molecule has 0 aliphatic heterocycles. The fourth-order valence-corrected chi connectivity index (χ4v) is 1.57. The zero-order chi connectivity index (χ0) is 14.3. The summed E-state index contributed by atoms with van der Waals surface area (Å²) in [7, 11) is 1.55. The van der Waals surface area contributed by atoms with Crippen molar-refractivity contribution in [2.75, 3.05) is 12.4 Å². The largest absolute Gasteiger partial charge is 0.353 e. The van der Waals surface area contributed by atoms with Gasteiger partial charge in [-0.15, -0.1) is 0 Å². The number of rotatable bonds is 5. The molecule has 5 heteroatoms. The Kier molecular flexibility index (Phi) is 5.85. The summed E-state index contributed by atoms with van der Waals surface area (Å²) in [5.41, 5.74) is 1.54. The van der Waals surface area contributed by atoms with Crippen molar-refractivity contribution in [3.63, 3.8) is 0 Å². The standard InChI is InChI=1S/C14H21N3O2/c1-4-10(2)16-13(18)9-11-6-5-7-12(8-11)17-14(19)15-3/h5-8,10H,4,9H2,1-3H3,(H,16,18)(H2,15,17,19). The predicted molar refractivity (Wildman–Crippen MR) is 76.1 cm³/mol. The summed E-state index contributed by atoms with van der Waals surface area (Å²) >= 11 is 0. The van der Waals surface area contributed by atoms with Gasteiger partial charge in [-0.2, -0.15) is 0 Å². The summed E-state index contributed by atoms with van der Waals surface area (Å²) < 4.78 is 0. The van der Waals surface area contributed by atoms with Crippen LogP contribution in [0.25, 0.3) is 0 Å². The van der Waals surface area contributed by atoms with Crippen molar-refractivity contribution < 1.29 is 9.59 Å². The third-order valence-corrected chi connectivity index (χ3v) is 2.80. The summed E-state index contributed by atoms with van der Waals surface area (Å²) in [6.45, 7) is 4.00. The van der Waals surface area contributed by atoms with E-state index >= 15 is 0 Å².